The molecule has 2 aromatic rings. The standard InChI is InChI=1S/C13H14BrF2N3O/c1-6(2)19-13(12(17)7(3)18-19)20-10-5-8(14)4-9(15)11(10)16/h4-6H,17H2,1-3H3. The molecule has 2 N–H and O–H groups in total. The third-order valence-corrected chi connectivity index (χ3v) is 3.20. The van der Waals surface area contributed by atoms with Crippen LogP contribution in [0.15, 0.2) is 16.6 Å². The van der Waals surface area contributed by atoms with Gasteiger partial charge in [-0.2, -0.15) is 9.49 Å². The summed E-state index contributed by atoms with van der Waals surface area (Å²) < 4.78 is 34.5. The van der Waals surface area contributed by atoms with Gasteiger partial charge < -0.3 is 10.5 Å². The van der Waals surface area contributed by atoms with Gasteiger partial charge in [0.25, 0.3) is 0 Å². The topological polar surface area (TPSA) is 53.1 Å². The number of benzene rings is 1. The molecule has 0 radical (unpaired) electrons. The van der Waals surface area contributed by atoms with Gasteiger partial charge in [-0.1, -0.05) is 15.9 Å². The Kier molecular flexibility index (Phi) is 3.99. The van der Waals surface area contributed by atoms with E-state index >= 15 is 0 Å². The minimum atomic E-state index is -1.07. The van der Waals surface area contributed by atoms with Gasteiger partial charge in [0.15, 0.2) is 11.6 Å². The Hall–Kier alpha value is -1.63. The van der Waals surface area contributed by atoms with Crippen LogP contribution in [0.3, 0.4) is 0 Å². The molecule has 108 valence electrons. The minimum Gasteiger partial charge on any atom is -0.434 e. The molecule has 0 amide bonds. The lowest BCUT2D eigenvalue weighted by Gasteiger charge is -2.13. The fourth-order valence-corrected chi connectivity index (χ4v) is 2.11. The summed E-state index contributed by atoms with van der Waals surface area (Å²) in [4.78, 5) is 0. The van der Waals surface area contributed by atoms with Crippen LogP contribution in [0.2, 0.25) is 0 Å². The maximum Gasteiger partial charge on any atom is 0.241 e. The van der Waals surface area contributed by atoms with Crippen molar-refractivity contribution in [1.29, 1.82) is 0 Å². The largest absolute Gasteiger partial charge is 0.434 e. The SMILES string of the molecule is Cc1nn(C(C)C)c(Oc2cc(Br)cc(F)c2F)c1N. The molecule has 0 spiro atoms. The first-order valence-electron chi connectivity index (χ1n) is 5.98. The van der Waals surface area contributed by atoms with Gasteiger partial charge in [0, 0.05) is 4.47 Å². The van der Waals surface area contributed by atoms with Crippen LogP contribution in [-0.2, 0) is 0 Å². The van der Waals surface area contributed by atoms with Crippen LogP contribution in [0.4, 0.5) is 14.5 Å². The van der Waals surface area contributed by atoms with Crippen molar-refractivity contribution in [1.82, 2.24) is 9.78 Å². The molecular weight excluding hydrogens is 332 g/mol. The lowest BCUT2D eigenvalue weighted by molar-refractivity contribution is 0.363. The minimum absolute atomic E-state index is 0.0268. The van der Waals surface area contributed by atoms with Crippen molar-refractivity contribution < 1.29 is 13.5 Å². The first-order valence-corrected chi connectivity index (χ1v) is 6.77. The Morgan fingerprint density at radius 1 is 1.35 bits per heavy atom. The third kappa shape index (κ3) is 2.63. The summed E-state index contributed by atoms with van der Waals surface area (Å²) in [6, 6.07) is 2.34. The maximum atomic E-state index is 13.7. The monoisotopic (exact) mass is 345 g/mol. The lowest BCUT2D eigenvalue weighted by Crippen LogP contribution is -2.06. The quantitative estimate of drug-likeness (QED) is 0.848. The number of anilines is 1. The number of hydrogen-bond donors (Lipinski definition) is 1. The Morgan fingerprint density at radius 2 is 2.00 bits per heavy atom. The summed E-state index contributed by atoms with van der Waals surface area (Å²) in [5.41, 5.74) is 6.76. The predicted octanol–water partition coefficient (Wildman–Crippen LogP) is 4.19. The number of ether oxygens (including phenoxy) is 1. The molecule has 0 fully saturated rings. The van der Waals surface area contributed by atoms with E-state index in [1.807, 2.05) is 13.8 Å². The lowest BCUT2D eigenvalue weighted by atomic mass is 10.3. The van der Waals surface area contributed by atoms with Crippen molar-refractivity contribution in [2.24, 2.45) is 0 Å². The van der Waals surface area contributed by atoms with Gasteiger partial charge >= 0.3 is 0 Å². The molecule has 2 rings (SSSR count). The zero-order chi connectivity index (χ0) is 15.0. The smallest absolute Gasteiger partial charge is 0.241 e. The molecule has 0 saturated carbocycles. The number of nitrogens with two attached hydrogens (primary N) is 1. The Labute approximate surface area is 123 Å². The van der Waals surface area contributed by atoms with E-state index in [1.165, 1.54) is 10.7 Å². The fourth-order valence-electron chi connectivity index (χ4n) is 1.70. The number of halogens is 3. The van der Waals surface area contributed by atoms with Gasteiger partial charge in [0.2, 0.25) is 11.7 Å². The van der Waals surface area contributed by atoms with Crippen molar-refractivity contribution in [3.63, 3.8) is 0 Å². The summed E-state index contributed by atoms with van der Waals surface area (Å²) in [6.45, 7) is 5.49. The van der Waals surface area contributed by atoms with Gasteiger partial charge in [-0.05, 0) is 32.9 Å². The average molecular weight is 346 g/mol. The molecule has 7 heteroatoms. The van der Waals surface area contributed by atoms with Gasteiger partial charge in [-0.15, -0.1) is 0 Å². The van der Waals surface area contributed by atoms with Crippen molar-refractivity contribution >= 4 is 21.6 Å². The van der Waals surface area contributed by atoms with E-state index in [2.05, 4.69) is 21.0 Å². The number of nitrogen functional groups attached to an aromatic ring is 1. The summed E-state index contributed by atoms with van der Waals surface area (Å²) in [7, 11) is 0. The summed E-state index contributed by atoms with van der Waals surface area (Å²) in [6.07, 6.45) is 0. The van der Waals surface area contributed by atoms with Crippen molar-refractivity contribution in [2.75, 3.05) is 5.73 Å². The normalized spacial score (nSPS) is 11.2. The third-order valence-electron chi connectivity index (χ3n) is 2.74. The van der Waals surface area contributed by atoms with E-state index in [9.17, 15) is 8.78 Å². The van der Waals surface area contributed by atoms with Gasteiger partial charge in [-0.3, -0.25) is 0 Å². The number of aryl methyl sites for hydroxylation is 1. The van der Waals surface area contributed by atoms with Crippen LogP contribution >= 0.6 is 15.9 Å². The van der Waals surface area contributed by atoms with Crippen LogP contribution in [0.25, 0.3) is 0 Å². The molecule has 1 aromatic carbocycles. The van der Waals surface area contributed by atoms with Crippen LogP contribution in [0.1, 0.15) is 25.6 Å². The van der Waals surface area contributed by atoms with Crippen LogP contribution in [0, 0.1) is 18.6 Å². The highest BCUT2D eigenvalue weighted by atomic mass is 79.9. The second-order valence-electron chi connectivity index (χ2n) is 4.64. The molecule has 0 aliphatic rings. The average Bonchev–Trinajstić information content (AvgIpc) is 2.63. The number of rotatable bonds is 3. The van der Waals surface area contributed by atoms with Crippen molar-refractivity contribution in [3.05, 3.63) is 33.9 Å². The van der Waals surface area contributed by atoms with E-state index in [4.69, 9.17) is 10.5 Å². The molecule has 0 atom stereocenters. The van der Waals surface area contributed by atoms with Crippen LogP contribution < -0.4 is 10.5 Å². The van der Waals surface area contributed by atoms with E-state index in [0.717, 1.165) is 6.07 Å². The first kappa shape index (κ1) is 14.8. The Bertz CT molecular complexity index is 656. The molecule has 1 aromatic heterocycles. The molecule has 20 heavy (non-hydrogen) atoms. The predicted molar refractivity (Wildman–Crippen MR) is 75.9 cm³/mol. The molecule has 0 saturated heterocycles. The maximum absolute atomic E-state index is 13.7. The first-order chi connectivity index (χ1) is 9.31. The fraction of sp³-hybridized carbons (Fsp3) is 0.308. The van der Waals surface area contributed by atoms with E-state index in [-0.39, 0.29) is 17.7 Å². The molecule has 4 nitrogen and oxygen atoms in total. The van der Waals surface area contributed by atoms with E-state index < -0.39 is 11.6 Å². The van der Waals surface area contributed by atoms with Crippen molar-refractivity contribution in [2.45, 2.75) is 26.8 Å². The molecule has 0 unspecified atom stereocenters. The highest BCUT2D eigenvalue weighted by Gasteiger charge is 2.20. The molecule has 0 aliphatic heterocycles. The summed E-state index contributed by atoms with van der Waals surface area (Å²) in [5, 5.41) is 4.22. The summed E-state index contributed by atoms with van der Waals surface area (Å²) in [5.74, 6) is -2.11. The van der Waals surface area contributed by atoms with Gasteiger partial charge in [0.05, 0.1) is 11.7 Å². The highest BCUT2D eigenvalue weighted by molar-refractivity contribution is 9.10. The Balaban J connectivity index is 2.50. The van der Waals surface area contributed by atoms with E-state index in [0.29, 0.717) is 15.9 Å². The van der Waals surface area contributed by atoms with Crippen molar-refractivity contribution in [3.8, 4) is 11.6 Å². The zero-order valence-electron chi connectivity index (χ0n) is 11.2. The second-order valence-corrected chi connectivity index (χ2v) is 5.56. The second kappa shape index (κ2) is 5.40. The van der Waals surface area contributed by atoms with Gasteiger partial charge in [-0.25, -0.2) is 9.07 Å². The van der Waals surface area contributed by atoms with Crippen LogP contribution in [0.5, 0.6) is 11.6 Å². The Morgan fingerprint density at radius 3 is 2.60 bits per heavy atom. The summed E-state index contributed by atoms with van der Waals surface area (Å²) >= 11 is 3.09. The van der Waals surface area contributed by atoms with Gasteiger partial charge in [0.1, 0.15) is 5.69 Å². The van der Waals surface area contributed by atoms with Crippen LogP contribution in [-0.4, -0.2) is 9.78 Å². The molecule has 0 aliphatic carbocycles. The van der Waals surface area contributed by atoms with E-state index in [1.54, 1.807) is 6.92 Å². The highest BCUT2D eigenvalue weighted by Crippen LogP contribution is 2.35. The number of aromatic nitrogens is 2. The zero-order valence-corrected chi connectivity index (χ0v) is 12.8. The number of nitrogens with zero attached hydrogens (tertiary/aromatic N) is 2. The molecular formula is C13H14BrF2N3O. The number of hydrogen-bond acceptors (Lipinski definition) is 3. The molecule has 0 bridgehead atoms. The molecule has 1 heterocycles.